The van der Waals surface area contributed by atoms with Crippen LogP contribution in [0.1, 0.15) is 44.7 Å². The number of hydrogen-bond acceptors (Lipinski definition) is 4. The molecule has 6 nitrogen and oxygen atoms in total. The molecule has 1 heterocycles. The Morgan fingerprint density at radius 3 is 2.33 bits per heavy atom. The number of thioether (sulfide) groups is 1. The van der Waals surface area contributed by atoms with E-state index >= 15 is 0 Å². The first kappa shape index (κ1) is 30.7. The number of amides is 1. The first-order valence-electron chi connectivity index (χ1n) is 13.5. The summed E-state index contributed by atoms with van der Waals surface area (Å²) in [6.45, 7) is 0. The van der Waals surface area contributed by atoms with Gasteiger partial charge in [0.15, 0.2) is 0 Å². The van der Waals surface area contributed by atoms with Gasteiger partial charge in [-0.1, -0.05) is 42.5 Å². The molecule has 0 unspecified atom stereocenters. The summed E-state index contributed by atoms with van der Waals surface area (Å²) in [7, 11) is 1.90. The maximum absolute atomic E-state index is 13.7. The monoisotopic (exact) mass is 589 g/mol. The van der Waals surface area contributed by atoms with Gasteiger partial charge in [-0.15, -0.1) is 0 Å². The van der Waals surface area contributed by atoms with Crippen molar-refractivity contribution in [3.63, 3.8) is 0 Å². The molecular formula is C33H33F2N3O3S. The third kappa shape index (κ3) is 8.39. The van der Waals surface area contributed by atoms with Crippen LogP contribution < -0.4 is 5.32 Å². The SMILES string of the molecule is CSCC[C@H](NC(=O)c1cc(/C=C(\Cc2cncn2C)c2ccc(F)cc2)ccc1CCc1ccc(F)cc1)C(=O)O. The van der Waals surface area contributed by atoms with Gasteiger partial charge in [-0.2, -0.15) is 11.8 Å². The van der Waals surface area contributed by atoms with Crippen LogP contribution in [-0.2, 0) is 31.1 Å². The number of nitrogens with zero attached hydrogens (tertiary/aromatic N) is 2. The van der Waals surface area contributed by atoms with Gasteiger partial charge in [-0.25, -0.2) is 18.6 Å². The molecule has 9 heteroatoms. The van der Waals surface area contributed by atoms with Gasteiger partial charge in [-0.05, 0) is 89.4 Å². The van der Waals surface area contributed by atoms with Crippen molar-refractivity contribution in [3.8, 4) is 0 Å². The fourth-order valence-electron chi connectivity index (χ4n) is 4.62. The molecule has 0 bridgehead atoms. The van der Waals surface area contributed by atoms with E-state index in [-0.39, 0.29) is 11.6 Å². The highest BCUT2D eigenvalue weighted by Crippen LogP contribution is 2.25. The summed E-state index contributed by atoms with van der Waals surface area (Å²) in [5, 5.41) is 12.4. The van der Waals surface area contributed by atoms with Gasteiger partial charge >= 0.3 is 5.97 Å². The maximum Gasteiger partial charge on any atom is 0.326 e. The fourth-order valence-corrected chi connectivity index (χ4v) is 5.10. The number of hydrogen-bond donors (Lipinski definition) is 2. The van der Waals surface area contributed by atoms with E-state index in [2.05, 4.69) is 10.3 Å². The second kappa shape index (κ2) is 14.6. The van der Waals surface area contributed by atoms with Crippen molar-refractivity contribution in [1.29, 1.82) is 0 Å². The van der Waals surface area contributed by atoms with Crippen LogP contribution in [0.5, 0.6) is 0 Å². The number of rotatable bonds is 13. The zero-order chi connectivity index (χ0) is 30.1. The van der Waals surface area contributed by atoms with E-state index in [9.17, 15) is 23.5 Å². The highest BCUT2D eigenvalue weighted by atomic mass is 32.2. The van der Waals surface area contributed by atoms with Crippen molar-refractivity contribution in [1.82, 2.24) is 14.9 Å². The van der Waals surface area contributed by atoms with Gasteiger partial charge in [0, 0.05) is 30.9 Å². The number of carboxylic acids is 1. The van der Waals surface area contributed by atoms with Crippen molar-refractivity contribution in [2.45, 2.75) is 31.7 Å². The van der Waals surface area contributed by atoms with E-state index < -0.39 is 17.9 Å². The Bertz CT molecular complexity index is 1550. The van der Waals surface area contributed by atoms with E-state index in [1.807, 2.05) is 36.1 Å². The molecule has 42 heavy (non-hydrogen) atoms. The van der Waals surface area contributed by atoms with Crippen LogP contribution in [0, 0.1) is 11.6 Å². The number of aliphatic carboxylic acids is 1. The van der Waals surface area contributed by atoms with Crippen molar-refractivity contribution < 1.29 is 23.5 Å². The molecule has 1 aromatic heterocycles. The van der Waals surface area contributed by atoms with Crippen molar-refractivity contribution >= 4 is 35.3 Å². The average molecular weight is 590 g/mol. The lowest BCUT2D eigenvalue weighted by atomic mass is 9.94. The second-order valence-electron chi connectivity index (χ2n) is 10.0. The summed E-state index contributed by atoms with van der Waals surface area (Å²) in [5.41, 5.74) is 5.46. The Balaban J connectivity index is 1.71. The van der Waals surface area contributed by atoms with Crippen molar-refractivity contribution in [3.05, 3.63) is 124 Å². The number of carbonyl (C=O) groups is 2. The Kier molecular flexibility index (Phi) is 10.7. The van der Waals surface area contributed by atoms with Crippen LogP contribution in [-0.4, -0.2) is 44.6 Å². The number of allylic oxidation sites excluding steroid dienone is 1. The van der Waals surface area contributed by atoms with E-state index in [1.54, 1.807) is 42.9 Å². The summed E-state index contributed by atoms with van der Waals surface area (Å²) in [5.74, 6) is -1.62. The molecule has 0 aliphatic carbocycles. The van der Waals surface area contributed by atoms with E-state index in [0.717, 1.165) is 33.5 Å². The maximum atomic E-state index is 13.7. The Morgan fingerprint density at radius 2 is 1.71 bits per heavy atom. The molecule has 2 N–H and O–H groups in total. The molecule has 1 atom stereocenters. The van der Waals surface area contributed by atoms with Gasteiger partial charge in [0.2, 0.25) is 0 Å². The van der Waals surface area contributed by atoms with Crippen LogP contribution >= 0.6 is 11.8 Å². The first-order valence-corrected chi connectivity index (χ1v) is 14.9. The predicted molar refractivity (Wildman–Crippen MR) is 163 cm³/mol. The molecule has 0 aliphatic heterocycles. The van der Waals surface area contributed by atoms with Crippen molar-refractivity contribution in [2.24, 2.45) is 7.05 Å². The summed E-state index contributed by atoms with van der Waals surface area (Å²) in [6.07, 6.45) is 9.21. The smallest absolute Gasteiger partial charge is 0.326 e. The number of imidazole rings is 1. The molecule has 0 saturated heterocycles. The number of aromatic nitrogens is 2. The third-order valence-electron chi connectivity index (χ3n) is 7.03. The van der Waals surface area contributed by atoms with Crippen LogP contribution in [0.3, 0.4) is 0 Å². The number of carboxylic acid groups (broad SMARTS) is 1. The predicted octanol–water partition coefficient (Wildman–Crippen LogP) is 6.20. The first-order chi connectivity index (χ1) is 20.2. The molecule has 3 aromatic carbocycles. The molecule has 1 amide bonds. The number of aryl methyl sites for hydroxylation is 3. The van der Waals surface area contributed by atoms with E-state index in [1.165, 1.54) is 36.0 Å². The molecule has 218 valence electrons. The molecule has 4 rings (SSSR count). The number of carbonyl (C=O) groups excluding carboxylic acids is 1. The molecular weight excluding hydrogens is 556 g/mol. The molecule has 0 aliphatic rings. The van der Waals surface area contributed by atoms with Crippen LogP contribution in [0.2, 0.25) is 0 Å². The lowest BCUT2D eigenvalue weighted by Crippen LogP contribution is -2.41. The Morgan fingerprint density at radius 1 is 1.02 bits per heavy atom. The minimum atomic E-state index is -1.09. The highest BCUT2D eigenvalue weighted by Gasteiger charge is 2.22. The van der Waals surface area contributed by atoms with Crippen LogP contribution in [0.4, 0.5) is 8.78 Å². The van der Waals surface area contributed by atoms with Gasteiger partial charge in [0.05, 0.1) is 6.33 Å². The number of halogens is 2. The molecule has 0 saturated carbocycles. The zero-order valence-corrected chi connectivity index (χ0v) is 24.3. The fraction of sp³-hybridized carbons (Fsp3) is 0.242. The standard InChI is InChI=1S/C33H33F2N3O3S/c1-38-21-36-20-29(38)19-26(24-9-13-28(35)14-10-24)17-23-4-8-25(7-3-22-5-11-27(34)12-6-22)30(18-23)32(39)37-31(33(40)41)15-16-42-2/h4-6,8-14,17-18,20-21,31H,3,7,15-16,19H2,1-2H3,(H,37,39)(H,40,41)/b26-17+/t31-/m0/s1. The topological polar surface area (TPSA) is 84.2 Å². The number of nitrogens with one attached hydrogen (secondary N) is 1. The summed E-state index contributed by atoms with van der Waals surface area (Å²) in [4.78, 5) is 29.6. The highest BCUT2D eigenvalue weighted by molar-refractivity contribution is 7.98. The minimum absolute atomic E-state index is 0.298. The van der Waals surface area contributed by atoms with Gasteiger partial charge in [-0.3, -0.25) is 4.79 Å². The van der Waals surface area contributed by atoms with Crippen molar-refractivity contribution in [2.75, 3.05) is 12.0 Å². The second-order valence-corrected chi connectivity index (χ2v) is 11.0. The number of benzene rings is 3. The van der Waals surface area contributed by atoms with E-state index in [4.69, 9.17) is 0 Å². The van der Waals surface area contributed by atoms with Gasteiger partial charge in [0.1, 0.15) is 17.7 Å². The summed E-state index contributed by atoms with van der Waals surface area (Å²) in [6, 6.07) is 17.0. The van der Waals surface area contributed by atoms with Crippen LogP contribution in [0.15, 0.2) is 79.3 Å². The van der Waals surface area contributed by atoms with E-state index in [0.29, 0.717) is 37.0 Å². The Hall–Kier alpha value is -4.24. The Labute approximate surface area is 248 Å². The zero-order valence-electron chi connectivity index (χ0n) is 23.5. The lowest BCUT2D eigenvalue weighted by Gasteiger charge is -2.17. The molecule has 0 fully saturated rings. The largest absolute Gasteiger partial charge is 0.480 e. The summed E-state index contributed by atoms with van der Waals surface area (Å²) < 4.78 is 29.0. The normalized spacial score (nSPS) is 12.2. The molecule has 0 spiro atoms. The van der Waals surface area contributed by atoms with Crippen LogP contribution in [0.25, 0.3) is 11.6 Å². The average Bonchev–Trinajstić information content (AvgIpc) is 3.39. The van der Waals surface area contributed by atoms with Gasteiger partial charge in [0.25, 0.3) is 5.91 Å². The van der Waals surface area contributed by atoms with Gasteiger partial charge < -0.3 is 15.0 Å². The quantitative estimate of drug-likeness (QED) is 0.181. The third-order valence-corrected chi connectivity index (χ3v) is 7.68. The molecule has 0 radical (unpaired) electrons. The molecule has 4 aromatic rings. The lowest BCUT2D eigenvalue weighted by molar-refractivity contribution is -0.139. The summed E-state index contributed by atoms with van der Waals surface area (Å²) >= 11 is 1.51. The minimum Gasteiger partial charge on any atom is -0.480 e.